The molecule has 0 aliphatic heterocycles. The summed E-state index contributed by atoms with van der Waals surface area (Å²) in [6, 6.07) is 4.97. The van der Waals surface area contributed by atoms with Gasteiger partial charge in [-0.25, -0.2) is 0 Å². The third-order valence-corrected chi connectivity index (χ3v) is 5.53. The number of nitrogens with zero attached hydrogens (tertiary/aromatic N) is 1. The van der Waals surface area contributed by atoms with E-state index < -0.39 is 47.9 Å². The highest BCUT2D eigenvalue weighted by Crippen LogP contribution is 2.07. The third-order valence-electron chi connectivity index (χ3n) is 5.53. The van der Waals surface area contributed by atoms with Gasteiger partial charge in [0.1, 0.15) is 18.1 Å². The number of rotatable bonds is 17. The fraction of sp³-hybridized carbons (Fsp3) is 0.542. The fourth-order valence-electron chi connectivity index (χ4n) is 3.40. The second kappa shape index (κ2) is 16.9. The van der Waals surface area contributed by atoms with Gasteiger partial charge >= 0.3 is 5.97 Å². The van der Waals surface area contributed by atoms with Crippen molar-refractivity contribution in [3.8, 4) is 0 Å². The topological polar surface area (TPSA) is 241 Å². The lowest BCUT2D eigenvalue weighted by Crippen LogP contribution is -2.57. The van der Waals surface area contributed by atoms with Crippen molar-refractivity contribution in [2.24, 2.45) is 27.9 Å². The summed E-state index contributed by atoms with van der Waals surface area (Å²) in [6.45, 7) is 2.04. The van der Waals surface area contributed by atoms with Crippen LogP contribution in [-0.4, -0.2) is 72.0 Å². The molecule has 0 saturated heterocycles. The van der Waals surface area contributed by atoms with Crippen molar-refractivity contribution in [2.75, 3.05) is 13.1 Å². The van der Waals surface area contributed by atoms with E-state index in [2.05, 4.69) is 20.9 Å². The molecule has 13 heteroatoms. The van der Waals surface area contributed by atoms with Crippen molar-refractivity contribution in [3.05, 3.63) is 35.9 Å². The molecule has 0 saturated carbocycles. The fourth-order valence-corrected chi connectivity index (χ4v) is 3.40. The minimum atomic E-state index is -1.21. The molecule has 1 aromatic carbocycles. The Labute approximate surface area is 216 Å². The van der Waals surface area contributed by atoms with Gasteiger partial charge in [0.05, 0.1) is 6.04 Å². The van der Waals surface area contributed by atoms with Crippen molar-refractivity contribution >= 4 is 29.7 Å². The van der Waals surface area contributed by atoms with E-state index in [-0.39, 0.29) is 18.8 Å². The molecule has 13 nitrogen and oxygen atoms in total. The first-order valence-electron chi connectivity index (χ1n) is 12.2. The van der Waals surface area contributed by atoms with Crippen LogP contribution in [0.25, 0.3) is 0 Å². The van der Waals surface area contributed by atoms with Crippen LogP contribution >= 0.6 is 0 Å². The lowest BCUT2D eigenvalue weighted by Gasteiger charge is -2.25. The molecule has 12 N–H and O–H groups in total. The molecule has 206 valence electrons. The Morgan fingerprint density at radius 2 is 1.51 bits per heavy atom. The van der Waals surface area contributed by atoms with Gasteiger partial charge in [-0.05, 0) is 51.1 Å². The molecule has 4 atom stereocenters. The van der Waals surface area contributed by atoms with Gasteiger partial charge in [-0.3, -0.25) is 24.2 Å². The number of carbonyl (C=O) groups excluding carboxylic acids is 3. The predicted octanol–water partition coefficient (Wildman–Crippen LogP) is -1.70. The van der Waals surface area contributed by atoms with Crippen molar-refractivity contribution in [2.45, 2.75) is 69.6 Å². The number of carbonyl (C=O) groups is 4. The first kappa shape index (κ1) is 31.3. The zero-order valence-corrected chi connectivity index (χ0v) is 21.2. The number of aliphatic carboxylic acids is 1. The van der Waals surface area contributed by atoms with E-state index in [1.807, 2.05) is 18.2 Å². The Balaban J connectivity index is 2.98. The number of carboxylic acids is 1. The number of benzene rings is 1. The molecule has 0 fully saturated rings. The van der Waals surface area contributed by atoms with Crippen LogP contribution in [0.3, 0.4) is 0 Å². The molecule has 0 radical (unpaired) electrons. The number of aliphatic imine (C=N–C) groups is 1. The summed E-state index contributed by atoms with van der Waals surface area (Å²) in [5, 5.41) is 16.8. The number of hydrogen-bond donors (Lipinski definition) is 8. The highest BCUT2D eigenvalue weighted by Gasteiger charge is 2.29. The Morgan fingerprint density at radius 3 is 2.11 bits per heavy atom. The Bertz CT molecular complexity index is 908. The van der Waals surface area contributed by atoms with E-state index in [0.717, 1.165) is 5.56 Å². The van der Waals surface area contributed by atoms with Gasteiger partial charge in [-0.2, -0.15) is 0 Å². The Hall–Kier alpha value is -3.71. The maximum absolute atomic E-state index is 13.3. The number of hydrogen-bond acceptors (Lipinski definition) is 7. The van der Waals surface area contributed by atoms with Crippen LogP contribution in [0.5, 0.6) is 0 Å². The van der Waals surface area contributed by atoms with Gasteiger partial charge < -0.3 is 44.0 Å². The molecule has 0 aliphatic rings. The quantitative estimate of drug-likeness (QED) is 0.0662. The number of amides is 3. The van der Waals surface area contributed by atoms with Crippen LogP contribution in [0.4, 0.5) is 0 Å². The van der Waals surface area contributed by atoms with Crippen LogP contribution in [0.2, 0.25) is 0 Å². The van der Waals surface area contributed by atoms with E-state index in [1.165, 1.54) is 6.92 Å². The maximum atomic E-state index is 13.3. The number of nitrogens with two attached hydrogens (primary N) is 4. The monoisotopic (exact) mass is 520 g/mol. The summed E-state index contributed by atoms with van der Waals surface area (Å²) in [7, 11) is 0. The number of unbranched alkanes of at least 4 members (excludes halogenated alkanes) is 1. The zero-order valence-electron chi connectivity index (χ0n) is 21.2. The van der Waals surface area contributed by atoms with Crippen molar-refractivity contribution in [1.29, 1.82) is 0 Å². The van der Waals surface area contributed by atoms with Gasteiger partial charge in [-0.1, -0.05) is 30.3 Å². The van der Waals surface area contributed by atoms with Gasteiger partial charge in [0.25, 0.3) is 0 Å². The summed E-state index contributed by atoms with van der Waals surface area (Å²) in [5.74, 6) is -3.03. The number of carboxylic acid groups (broad SMARTS) is 1. The molecule has 37 heavy (non-hydrogen) atoms. The van der Waals surface area contributed by atoms with Crippen LogP contribution in [-0.2, 0) is 25.6 Å². The highest BCUT2D eigenvalue weighted by atomic mass is 16.4. The van der Waals surface area contributed by atoms with Gasteiger partial charge in [0.15, 0.2) is 5.96 Å². The molecular weight excluding hydrogens is 480 g/mol. The van der Waals surface area contributed by atoms with Gasteiger partial charge in [-0.15, -0.1) is 0 Å². The molecule has 4 unspecified atom stereocenters. The average Bonchev–Trinajstić information content (AvgIpc) is 2.85. The van der Waals surface area contributed by atoms with E-state index in [9.17, 15) is 19.2 Å². The summed E-state index contributed by atoms with van der Waals surface area (Å²) >= 11 is 0. The second-order valence-electron chi connectivity index (χ2n) is 8.72. The molecule has 1 aromatic rings. The minimum Gasteiger partial charge on any atom is -0.480 e. The second-order valence-corrected chi connectivity index (χ2v) is 8.72. The average molecular weight is 521 g/mol. The molecule has 0 heterocycles. The number of guanidine groups is 1. The zero-order chi connectivity index (χ0) is 27.8. The molecule has 0 aliphatic carbocycles. The SMILES string of the molecule is CC(NC(=O)C(CCCCN)NC(=O)C(Cc1ccccc1)NC(=O)C(N)CCCN=C(N)N)C(=O)O. The van der Waals surface area contributed by atoms with E-state index in [0.29, 0.717) is 38.8 Å². The van der Waals surface area contributed by atoms with Crippen LogP contribution in [0, 0.1) is 0 Å². The standard InChI is InChI=1S/C24H40N8O5/c1-15(23(36)37)30-21(34)18(11-5-6-12-25)31-22(35)19(14-16-8-3-2-4-9-16)32-20(33)17(26)10-7-13-29-24(27)28/h2-4,8-9,15,17-19H,5-7,10-14,25-26H2,1H3,(H,30,34)(H,31,35)(H,32,33)(H,36,37)(H4,27,28,29). The molecular formula is C24H40N8O5. The smallest absolute Gasteiger partial charge is 0.325 e. The van der Waals surface area contributed by atoms with Crippen LogP contribution in [0.15, 0.2) is 35.3 Å². The van der Waals surface area contributed by atoms with Crippen molar-refractivity contribution < 1.29 is 24.3 Å². The molecule has 0 aromatic heterocycles. The first-order chi connectivity index (χ1) is 17.5. The van der Waals surface area contributed by atoms with E-state index in [1.54, 1.807) is 12.1 Å². The summed E-state index contributed by atoms with van der Waals surface area (Å²) in [5.41, 5.74) is 22.9. The lowest BCUT2D eigenvalue weighted by molar-refractivity contribution is -0.141. The van der Waals surface area contributed by atoms with Crippen molar-refractivity contribution in [3.63, 3.8) is 0 Å². The first-order valence-corrected chi connectivity index (χ1v) is 12.2. The van der Waals surface area contributed by atoms with Gasteiger partial charge in [0.2, 0.25) is 17.7 Å². The van der Waals surface area contributed by atoms with Crippen LogP contribution < -0.4 is 38.9 Å². The summed E-state index contributed by atoms with van der Waals surface area (Å²) in [4.78, 5) is 53.8. The van der Waals surface area contributed by atoms with Crippen LogP contribution in [0.1, 0.15) is 44.6 Å². The summed E-state index contributed by atoms with van der Waals surface area (Å²) < 4.78 is 0. The Morgan fingerprint density at radius 1 is 0.892 bits per heavy atom. The van der Waals surface area contributed by atoms with E-state index >= 15 is 0 Å². The molecule has 3 amide bonds. The predicted molar refractivity (Wildman–Crippen MR) is 140 cm³/mol. The molecule has 0 spiro atoms. The highest BCUT2D eigenvalue weighted by molar-refractivity contribution is 5.94. The Kier molecular flexibility index (Phi) is 14.3. The van der Waals surface area contributed by atoms with E-state index in [4.69, 9.17) is 28.0 Å². The lowest BCUT2D eigenvalue weighted by atomic mass is 10.0. The minimum absolute atomic E-state index is 0.0552. The third kappa shape index (κ3) is 12.7. The maximum Gasteiger partial charge on any atom is 0.325 e. The van der Waals surface area contributed by atoms with Gasteiger partial charge in [0, 0.05) is 13.0 Å². The summed E-state index contributed by atoms with van der Waals surface area (Å²) in [6.07, 6.45) is 2.31. The normalized spacial score (nSPS) is 13.9. The molecule has 1 rings (SSSR count). The largest absolute Gasteiger partial charge is 0.480 e. The van der Waals surface area contributed by atoms with Crippen molar-refractivity contribution in [1.82, 2.24) is 16.0 Å². The number of nitrogens with one attached hydrogen (secondary N) is 3. The molecule has 0 bridgehead atoms.